The molecule has 0 aliphatic rings. The molecule has 4 aromatic rings. The van der Waals surface area contributed by atoms with Crippen molar-refractivity contribution in [1.29, 1.82) is 0 Å². The molecule has 0 N–H and O–H groups in total. The standard InChI is InChI=1S/C22H18FN3O3S2/c1-30-22-24-11-19(26(22)17-5-3-2-4-6-17)21(27)29-12-16-14-31-20(25-16)13-28-18-9-7-15(23)8-10-18/h2-11,14H,12-13H2,1H3. The number of para-hydroxylation sites is 1. The summed E-state index contributed by atoms with van der Waals surface area (Å²) in [5, 5.41) is 3.25. The van der Waals surface area contributed by atoms with E-state index in [4.69, 9.17) is 9.47 Å². The highest BCUT2D eigenvalue weighted by atomic mass is 32.2. The fourth-order valence-corrected chi connectivity index (χ4v) is 4.05. The SMILES string of the molecule is CSc1ncc(C(=O)OCc2csc(COc3ccc(F)cc3)n2)n1-c1ccccc1. The molecule has 0 fully saturated rings. The van der Waals surface area contributed by atoms with Gasteiger partial charge in [0.05, 0.1) is 11.9 Å². The van der Waals surface area contributed by atoms with Crippen molar-refractivity contribution in [2.45, 2.75) is 18.4 Å². The Morgan fingerprint density at radius 3 is 2.65 bits per heavy atom. The summed E-state index contributed by atoms with van der Waals surface area (Å²) in [6.07, 6.45) is 3.42. The summed E-state index contributed by atoms with van der Waals surface area (Å²) in [5.41, 5.74) is 1.82. The maximum Gasteiger partial charge on any atom is 0.357 e. The first-order valence-corrected chi connectivity index (χ1v) is 11.4. The molecule has 0 bridgehead atoms. The van der Waals surface area contributed by atoms with Crippen molar-refractivity contribution >= 4 is 29.1 Å². The number of hydrogen-bond acceptors (Lipinski definition) is 7. The summed E-state index contributed by atoms with van der Waals surface area (Å²) in [5.74, 6) is -0.235. The van der Waals surface area contributed by atoms with E-state index in [-0.39, 0.29) is 19.0 Å². The van der Waals surface area contributed by atoms with Crippen molar-refractivity contribution in [2.24, 2.45) is 0 Å². The molecule has 4 rings (SSSR count). The van der Waals surface area contributed by atoms with Gasteiger partial charge < -0.3 is 9.47 Å². The van der Waals surface area contributed by atoms with Gasteiger partial charge >= 0.3 is 5.97 Å². The van der Waals surface area contributed by atoms with E-state index >= 15 is 0 Å². The third kappa shape index (κ3) is 5.12. The predicted molar refractivity (Wildman–Crippen MR) is 117 cm³/mol. The van der Waals surface area contributed by atoms with Crippen LogP contribution >= 0.6 is 23.1 Å². The van der Waals surface area contributed by atoms with Crippen molar-refractivity contribution in [3.63, 3.8) is 0 Å². The zero-order chi connectivity index (χ0) is 21.6. The zero-order valence-corrected chi connectivity index (χ0v) is 18.2. The molecule has 0 spiro atoms. The molecule has 0 saturated carbocycles. The first-order chi connectivity index (χ1) is 15.1. The number of thiazole rings is 1. The molecular formula is C22H18FN3O3S2. The fourth-order valence-electron chi connectivity index (χ4n) is 2.82. The molecule has 9 heteroatoms. The van der Waals surface area contributed by atoms with Crippen LogP contribution in [0.25, 0.3) is 5.69 Å². The molecule has 0 aliphatic carbocycles. The molecule has 0 saturated heterocycles. The van der Waals surface area contributed by atoms with Crippen molar-refractivity contribution in [1.82, 2.24) is 14.5 Å². The summed E-state index contributed by atoms with van der Waals surface area (Å²) < 4.78 is 25.8. The van der Waals surface area contributed by atoms with Crippen LogP contribution in [-0.2, 0) is 18.0 Å². The van der Waals surface area contributed by atoms with Crippen LogP contribution in [-0.4, -0.2) is 26.8 Å². The minimum atomic E-state index is -0.478. The number of thioether (sulfide) groups is 1. The molecule has 158 valence electrons. The predicted octanol–water partition coefficient (Wildman–Crippen LogP) is 5.13. The zero-order valence-electron chi connectivity index (χ0n) is 16.5. The minimum Gasteiger partial charge on any atom is -0.486 e. The normalized spacial score (nSPS) is 10.8. The fraction of sp³-hybridized carbons (Fsp3) is 0.136. The topological polar surface area (TPSA) is 66.2 Å². The molecule has 6 nitrogen and oxygen atoms in total. The van der Waals surface area contributed by atoms with E-state index in [0.717, 1.165) is 10.7 Å². The van der Waals surface area contributed by atoms with Gasteiger partial charge in [-0.2, -0.15) is 0 Å². The van der Waals surface area contributed by atoms with E-state index in [1.807, 2.05) is 42.0 Å². The van der Waals surface area contributed by atoms with Crippen LogP contribution in [0.5, 0.6) is 5.75 Å². The van der Waals surface area contributed by atoms with E-state index in [1.54, 1.807) is 16.7 Å². The molecule has 0 radical (unpaired) electrons. The second kappa shape index (κ2) is 9.76. The highest BCUT2D eigenvalue weighted by molar-refractivity contribution is 7.98. The average molecular weight is 456 g/mol. The lowest BCUT2D eigenvalue weighted by Crippen LogP contribution is -2.12. The van der Waals surface area contributed by atoms with E-state index in [9.17, 15) is 9.18 Å². The second-order valence-corrected chi connectivity index (χ2v) is 8.07. The molecule has 2 aromatic carbocycles. The average Bonchev–Trinajstić information content (AvgIpc) is 3.44. The van der Waals surface area contributed by atoms with Crippen LogP contribution in [0.15, 0.2) is 71.3 Å². The van der Waals surface area contributed by atoms with Gasteiger partial charge in [0.1, 0.15) is 29.8 Å². The van der Waals surface area contributed by atoms with E-state index in [0.29, 0.717) is 22.3 Å². The van der Waals surface area contributed by atoms with Crippen molar-refractivity contribution in [3.05, 3.63) is 88.4 Å². The summed E-state index contributed by atoms with van der Waals surface area (Å²) in [6.45, 7) is 0.294. The second-order valence-electron chi connectivity index (χ2n) is 6.35. The lowest BCUT2D eigenvalue weighted by molar-refractivity contribution is 0.0458. The largest absolute Gasteiger partial charge is 0.486 e. The minimum absolute atomic E-state index is 0.0421. The number of carbonyl (C=O) groups excluding carboxylic acids is 1. The molecule has 0 unspecified atom stereocenters. The molecule has 0 atom stereocenters. The Morgan fingerprint density at radius 1 is 1.13 bits per heavy atom. The summed E-state index contributed by atoms with van der Waals surface area (Å²) in [7, 11) is 0. The van der Waals surface area contributed by atoms with Gasteiger partial charge in [-0.3, -0.25) is 4.57 Å². The third-order valence-corrected chi connectivity index (χ3v) is 5.79. The quantitative estimate of drug-likeness (QED) is 0.271. The van der Waals surface area contributed by atoms with Crippen LogP contribution in [0.2, 0.25) is 0 Å². The number of nitrogens with zero attached hydrogens (tertiary/aromatic N) is 3. The molecule has 31 heavy (non-hydrogen) atoms. The Balaban J connectivity index is 1.39. The summed E-state index contributed by atoms with van der Waals surface area (Å²) >= 11 is 2.85. The number of halogens is 1. The first kappa shape index (κ1) is 21.1. The molecular weight excluding hydrogens is 437 g/mol. The van der Waals surface area contributed by atoms with Crippen LogP contribution in [0.3, 0.4) is 0 Å². The summed E-state index contributed by atoms with van der Waals surface area (Å²) in [6, 6.07) is 15.3. The highest BCUT2D eigenvalue weighted by Crippen LogP contribution is 2.23. The number of rotatable bonds is 8. The number of esters is 1. The van der Waals surface area contributed by atoms with Gasteiger partial charge in [-0.25, -0.2) is 19.2 Å². The van der Waals surface area contributed by atoms with Gasteiger partial charge in [0.15, 0.2) is 10.9 Å². The third-order valence-electron chi connectivity index (χ3n) is 4.26. The van der Waals surface area contributed by atoms with Gasteiger partial charge in [-0.05, 0) is 42.7 Å². The maximum absolute atomic E-state index is 13.0. The highest BCUT2D eigenvalue weighted by Gasteiger charge is 2.19. The number of carbonyl (C=O) groups is 1. The van der Waals surface area contributed by atoms with Crippen LogP contribution in [0.4, 0.5) is 4.39 Å². The molecule has 2 heterocycles. The summed E-state index contributed by atoms with van der Waals surface area (Å²) in [4.78, 5) is 21.5. The maximum atomic E-state index is 13.0. The first-order valence-electron chi connectivity index (χ1n) is 9.30. The number of benzene rings is 2. The Kier molecular flexibility index (Phi) is 6.63. The molecule has 0 amide bonds. The van der Waals surface area contributed by atoms with Crippen LogP contribution in [0, 0.1) is 5.82 Å². The van der Waals surface area contributed by atoms with Gasteiger partial charge in [0.25, 0.3) is 0 Å². The van der Waals surface area contributed by atoms with Crippen LogP contribution in [0.1, 0.15) is 21.2 Å². The lowest BCUT2D eigenvalue weighted by Gasteiger charge is -2.10. The number of imidazole rings is 1. The Bertz CT molecular complexity index is 1160. The van der Waals surface area contributed by atoms with Gasteiger partial charge in [0.2, 0.25) is 0 Å². The van der Waals surface area contributed by atoms with Crippen molar-refractivity contribution in [3.8, 4) is 11.4 Å². The van der Waals surface area contributed by atoms with E-state index < -0.39 is 5.97 Å². The number of hydrogen-bond donors (Lipinski definition) is 0. The van der Waals surface area contributed by atoms with Crippen LogP contribution < -0.4 is 4.74 Å². The number of ether oxygens (including phenoxy) is 2. The molecule has 2 aromatic heterocycles. The van der Waals surface area contributed by atoms with Gasteiger partial charge in [0, 0.05) is 11.1 Å². The Hall–Kier alpha value is -3.17. The Labute approximate surface area is 186 Å². The smallest absolute Gasteiger partial charge is 0.357 e. The monoisotopic (exact) mass is 455 g/mol. The molecule has 0 aliphatic heterocycles. The van der Waals surface area contributed by atoms with E-state index in [2.05, 4.69) is 9.97 Å². The Morgan fingerprint density at radius 2 is 1.90 bits per heavy atom. The lowest BCUT2D eigenvalue weighted by atomic mass is 10.3. The van der Waals surface area contributed by atoms with Gasteiger partial charge in [-0.1, -0.05) is 30.0 Å². The van der Waals surface area contributed by atoms with Crippen molar-refractivity contribution in [2.75, 3.05) is 6.26 Å². The van der Waals surface area contributed by atoms with Gasteiger partial charge in [-0.15, -0.1) is 11.3 Å². The van der Waals surface area contributed by atoms with E-state index in [1.165, 1.54) is 41.4 Å². The van der Waals surface area contributed by atoms with Crippen molar-refractivity contribution < 1.29 is 18.7 Å². The number of aromatic nitrogens is 3.